The molecule has 0 bridgehead atoms. The lowest BCUT2D eigenvalue weighted by Crippen LogP contribution is -2.28. The molecule has 6 nitrogen and oxygen atoms in total. The van der Waals surface area contributed by atoms with Gasteiger partial charge in [-0.25, -0.2) is 9.37 Å². The molecule has 0 N–H and O–H groups in total. The smallest absolute Gasteiger partial charge is 0.164 e. The van der Waals surface area contributed by atoms with Crippen LogP contribution in [-0.4, -0.2) is 44.8 Å². The molecule has 0 fully saturated rings. The topological polar surface area (TPSA) is 67.6 Å². The SMILES string of the molecule is COc1cc(OC)c(-c2c(C#N)c(SCc3ccc(F)cc3)nc3c2CN(C)CC3)cc1OC. The van der Waals surface area contributed by atoms with E-state index in [2.05, 4.69) is 18.0 Å². The number of fused-ring (bicyclic) bond motifs is 1. The van der Waals surface area contributed by atoms with Crippen LogP contribution in [0.4, 0.5) is 4.39 Å². The second-order valence-electron chi connectivity index (χ2n) is 8.01. The number of rotatable bonds is 7. The number of likely N-dealkylation sites (N-methyl/N-ethyl adjacent to an activating group) is 1. The third-order valence-corrected chi connectivity index (χ3v) is 6.93. The van der Waals surface area contributed by atoms with Gasteiger partial charge in [0.15, 0.2) is 11.5 Å². The molecule has 1 aliphatic rings. The number of pyridine rings is 1. The number of thioether (sulfide) groups is 1. The van der Waals surface area contributed by atoms with Crippen LogP contribution in [0, 0.1) is 17.1 Å². The highest BCUT2D eigenvalue weighted by Crippen LogP contribution is 2.45. The molecule has 0 atom stereocenters. The highest BCUT2D eigenvalue weighted by atomic mass is 32.2. The molecule has 34 heavy (non-hydrogen) atoms. The van der Waals surface area contributed by atoms with Gasteiger partial charge >= 0.3 is 0 Å². The fourth-order valence-corrected chi connectivity index (χ4v) is 5.10. The third kappa shape index (κ3) is 4.67. The van der Waals surface area contributed by atoms with Gasteiger partial charge in [0.2, 0.25) is 0 Å². The monoisotopic (exact) mass is 479 g/mol. The molecular weight excluding hydrogens is 453 g/mol. The fraction of sp³-hybridized carbons (Fsp3) is 0.308. The lowest BCUT2D eigenvalue weighted by Gasteiger charge is -2.28. The Morgan fingerprint density at radius 1 is 1.06 bits per heavy atom. The second kappa shape index (κ2) is 10.3. The van der Waals surface area contributed by atoms with E-state index in [0.717, 1.165) is 40.9 Å². The molecule has 1 aliphatic heterocycles. The lowest BCUT2D eigenvalue weighted by atomic mass is 9.91. The molecule has 2 aromatic carbocycles. The van der Waals surface area contributed by atoms with Crippen LogP contribution in [0.1, 0.15) is 22.4 Å². The van der Waals surface area contributed by atoms with Crippen LogP contribution in [0.3, 0.4) is 0 Å². The molecule has 8 heteroatoms. The van der Waals surface area contributed by atoms with Gasteiger partial charge in [-0.2, -0.15) is 5.26 Å². The normalized spacial score (nSPS) is 13.2. The predicted octanol–water partition coefficient (Wildman–Crippen LogP) is 5.07. The number of ether oxygens (including phenoxy) is 3. The van der Waals surface area contributed by atoms with Crippen molar-refractivity contribution in [3.63, 3.8) is 0 Å². The maximum absolute atomic E-state index is 13.3. The van der Waals surface area contributed by atoms with Crippen molar-refractivity contribution in [3.05, 3.63) is 64.6 Å². The van der Waals surface area contributed by atoms with E-state index in [1.54, 1.807) is 39.5 Å². The largest absolute Gasteiger partial charge is 0.496 e. The van der Waals surface area contributed by atoms with Crippen molar-refractivity contribution in [2.45, 2.75) is 23.7 Å². The molecule has 2 heterocycles. The average molecular weight is 480 g/mol. The Morgan fingerprint density at radius 3 is 2.38 bits per heavy atom. The summed E-state index contributed by atoms with van der Waals surface area (Å²) in [7, 11) is 6.81. The zero-order valence-electron chi connectivity index (χ0n) is 19.6. The number of hydrogen-bond donors (Lipinski definition) is 0. The summed E-state index contributed by atoms with van der Waals surface area (Å²) in [6.07, 6.45) is 0.782. The first-order valence-electron chi connectivity index (χ1n) is 10.8. The molecule has 4 rings (SSSR count). The maximum atomic E-state index is 13.3. The molecule has 0 radical (unpaired) electrons. The van der Waals surface area contributed by atoms with E-state index >= 15 is 0 Å². The fourth-order valence-electron chi connectivity index (χ4n) is 4.13. The average Bonchev–Trinajstić information content (AvgIpc) is 2.86. The van der Waals surface area contributed by atoms with E-state index < -0.39 is 0 Å². The van der Waals surface area contributed by atoms with E-state index in [0.29, 0.717) is 40.1 Å². The number of benzene rings is 2. The minimum Gasteiger partial charge on any atom is -0.496 e. The van der Waals surface area contributed by atoms with Gasteiger partial charge in [-0.1, -0.05) is 12.1 Å². The molecule has 1 aromatic heterocycles. The van der Waals surface area contributed by atoms with Gasteiger partial charge in [0.25, 0.3) is 0 Å². The van der Waals surface area contributed by atoms with Crippen LogP contribution in [0.2, 0.25) is 0 Å². The van der Waals surface area contributed by atoms with Gasteiger partial charge in [-0.3, -0.25) is 0 Å². The number of aromatic nitrogens is 1. The first kappa shape index (κ1) is 23.9. The molecule has 0 amide bonds. The summed E-state index contributed by atoms with van der Waals surface area (Å²) in [5, 5.41) is 10.9. The van der Waals surface area contributed by atoms with Crippen molar-refractivity contribution in [2.24, 2.45) is 0 Å². The quantitative estimate of drug-likeness (QED) is 0.439. The first-order valence-corrected chi connectivity index (χ1v) is 11.8. The molecule has 3 aromatic rings. The van der Waals surface area contributed by atoms with Crippen LogP contribution in [-0.2, 0) is 18.7 Å². The van der Waals surface area contributed by atoms with E-state index in [1.165, 1.54) is 23.9 Å². The van der Waals surface area contributed by atoms with E-state index in [-0.39, 0.29) is 5.82 Å². The van der Waals surface area contributed by atoms with Gasteiger partial charge in [-0.15, -0.1) is 11.8 Å². The molecular formula is C26H26FN3O3S. The van der Waals surface area contributed by atoms with Crippen LogP contribution in [0.25, 0.3) is 11.1 Å². The highest BCUT2D eigenvalue weighted by Gasteiger charge is 2.27. The predicted molar refractivity (Wildman–Crippen MR) is 130 cm³/mol. The Morgan fingerprint density at radius 2 is 1.74 bits per heavy atom. The number of methoxy groups -OCH3 is 3. The zero-order chi connectivity index (χ0) is 24.2. The Labute approximate surface area is 203 Å². The molecule has 0 unspecified atom stereocenters. The van der Waals surface area contributed by atoms with Gasteiger partial charge in [0.05, 0.1) is 26.9 Å². The van der Waals surface area contributed by atoms with Crippen molar-refractivity contribution in [2.75, 3.05) is 34.9 Å². The van der Waals surface area contributed by atoms with Gasteiger partial charge in [-0.05, 0) is 36.4 Å². The Kier molecular flexibility index (Phi) is 7.25. The first-order chi connectivity index (χ1) is 16.5. The minimum atomic E-state index is -0.273. The summed E-state index contributed by atoms with van der Waals surface area (Å²) in [5.41, 5.74) is 5.01. The van der Waals surface area contributed by atoms with Crippen molar-refractivity contribution in [3.8, 4) is 34.4 Å². The minimum absolute atomic E-state index is 0.273. The van der Waals surface area contributed by atoms with Crippen molar-refractivity contribution in [1.82, 2.24) is 9.88 Å². The molecule has 0 saturated carbocycles. The van der Waals surface area contributed by atoms with E-state index in [9.17, 15) is 9.65 Å². The summed E-state index contributed by atoms with van der Waals surface area (Å²) in [6.45, 7) is 1.56. The van der Waals surface area contributed by atoms with Crippen LogP contribution < -0.4 is 14.2 Å². The number of hydrogen-bond acceptors (Lipinski definition) is 7. The second-order valence-corrected chi connectivity index (χ2v) is 8.98. The van der Waals surface area contributed by atoms with Crippen LogP contribution in [0.5, 0.6) is 17.2 Å². The standard InChI is InChI=1S/C26H26FN3O3S/c1-30-10-9-21-20(14-30)25(18-11-23(32-3)24(33-4)12-22(18)31-2)19(13-28)26(29-21)34-15-16-5-7-17(27)8-6-16/h5-8,11-12H,9-10,14-15H2,1-4H3. The van der Waals surface area contributed by atoms with Crippen molar-refractivity contribution >= 4 is 11.8 Å². The molecule has 0 aliphatic carbocycles. The summed E-state index contributed by atoms with van der Waals surface area (Å²) in [4.78, 5) is 7.13. The van der Waals surface area contributed by atoms with E-state index in [4.69, 9.17) is 19.2 Å². The Balaban J connectivity index is 1.90. The molecule has 0 saturated heterocycles. The molecule has 0 spiro atoms. The van der Waals surface area contributed by atoms with Crippen LogP contribution in [0.15, 0.2) is 41.4 Å². The highest BCUT2D eigenvalue weighted by molar-refractivity contribution is 7.98. The van der Waals surface area contributed by atoms with Gasteiger partial charge < -0.3 is 19.1 Å². The van der Waals surface area contributed by atoms with Crippen molar-refractivity contribution in [1.29, 1.82) is 5.26 Å². The Hall–Kier alpha value is -3.28. The summed E-state index contributed by atoms with van der Waals surface area (Å²) in [5.74, 6) is 1.99. The zero-order valence-corrected chi connectivity index (χ0v) is 20.5. The third-order valence-electron chi connectivity index (χ3n) is 5.88. The lowest BCUT2D eigenvalue weighted by molar-refractivity contribution is 0.309. The van der Waals surface area contributed by atoms with E-state index in [1.807, 2.05) is 6.07 Å². The maximum Gasteiger partial charge on any atom is 0.164 e. The molecule has 176 valence electrons. The Bertz CT molecular complexity index is 1240. The van der Waals surface area contributed by atoms with Gasteiger partial charge in [0, 0.05) is 48.2 Å². The number of nitrogens with zero attached hydrogens (tertiary/aromatic N) is 3. The summed E-state index contributed by atoms with van der Waals surface area (Å²) < 4.78 is 30.0. The number of halogens is 1. The van der Waals surface area contributed by atoms with Crippen molar-refractivity contribution < 1.29 is 18.6 Å². The number of nitriles is 1. The summed E-state index contributed by atoms with van der Waals surface area (Å²) >= 11 is 1.48. The van der Waals surface area contributed by atoms with Crippen LogP contribution >= 0.6 is 11.8 Å². The summed E-state index contributed by atoms with van der Waals surface area (Å²) in [6, 6.07) is 12.4. The van der Waals surface area contributed by atoms with Gasteiger partial charge in [0.1, 0.15) is 22.7 Å².